The molecule has 0 aromatic carbocycles. The number of hydrogen-bond donors (Lipinski definition) is 2. The monoisotopic (exact) mass is 157 g/mol. The average Bonchev–Trinajstić information content (AvgIpc) is 1.87. The first-order valence-electron chi connectivity index (χ1n) is 3.05. The van der Waals surface area contributed by atoms with Gasteiger partial charge in [0.25, 0.3) is 0 Å². The van der Waals surface area contributed by atoms with Gasteiger partial charge in [-0.3, -0.25) is 0 Å². The second-order valence-corrected chi connectivity index (χ2v) is 1.71. The third kappa shape index (κ3) is 7.09. The van der Waals surface area contributed by atoms with Crippen LogP contribution >= 0.6 is 0 Å². The zero-order valence-corrected chi connectivity index (χ0v) is 6.11. The van der Waals surface area contributed by atoms with Crippen molar-refractivity contribution >= 4 is 19.0 Å². The maximum atomic E-state index is 12.3. The van der Waals surface area contributed by atoms with Crippen molar-refractivity contribution in [2.45, 2.75) is 13.1 Å². The van der Waals surface area contributed by atoms with Gasteiger partial charge in [0, 0.05) is 0 Å². The van der Waals surface area contributed by atoms with E-state index in [1.165, 1.54) is 6.08 Å². The van der Waals surface area contributed by atoms with E-state index < -0.39 is 12.2 Å². The Morgan fingerprint density at radius 2 is 2.27 bits per heavy atom. The molecule has 0 amide bonds. The number of hydrogen-bond acceptors (Lipinski definition) is 3. The van der Waals surface area contributed by atoms with Crippen LogP contribution in [0.4, 0.5) is 4.39 Å². The Morgan fingerprint density at radius 3 is 2.73 bits per heavy atom. The van der Waals surface area contributed by atoms with Crippen LogP contribution in [-0.4, -0.2) is 35.4 Å². The molecule has 0 radical (unpaired) electrons. The second kappa shape index (κ2) is 5.94. The fourth-order valence-electron chi connectivity index (χ4n) is 0.372. The van der Waals surface area contributed by atoms with Gasteiger partial charge in [-0.15, -0.1) is 0 Å². The normalized spacial score (nSPS) is 13.4. The Balaban J connectivity index is 3.91. The van der Waals surface area contributed by atoms with Crippen LogP contribution in [0.3, 0.4) is 0 Å². The van der Waals surface area contributed by atoms with Crippen LogP contribution in [0, 0.1) is 0 Å². The van der Waals surface area contributed by atoms with Gasteiger partial charge in [-0.2, -0.15) is 0 Å². The van der Waals surface area contributed by atoms with E-state index in [2.05, 4.69) is 4.99 Å². The van der Waals surface area contributed by atoms with Gasteiger partial charge in [-0.25, -0.2) is 0 Å². The van der Waals surface area contributed by atoms with Gasteiger partial charge < -0.3 is 0 Å². The molecule has 0 saturated heterocycles. The number of aliphatic hydroxyl groups excluding tert-OH is 1. The summed E-state index contributed by atoms with van der Waals surface area (Å²) in [6.45, 7) is 2.60. The van der Waals surface area contributed by atoms with Crippen LogP contribution in [0.15, 0.2) is 17.1 Å². The van der Waals surface area contributed by atoms with E-state index in [4.69, 9.17) is 10.2 Å². The Hall–Kier alpha value is -0.805. The maximum absolute atomic E-state index is 12.3. The summed E-state index contributed by atoms with van der Waals surface area (Å²) in [6.07, 6.45) is 2.05. The van der Waals surface area contributed by atoms with Gasteiger partial charge in [0.15, 0.2) is 0 Å². The first-order valence-corrected chi connectivity index (χ1v) is 3.05. The van der Waals surface area contributed by atoms with Crippen molar-refractivity contribution in [2.75, 3.05) is 0 Å². The summed E-state index contributed by atoms with van der Waals surface area (Å²) in [5, 5.41) is 16.5. The van der Waals surface area contributed by atoms with Crippen LogP contribution < -0.4 is 0 Å². The van der Waals surface area contributed by atoms with Crippen LogP contribution in [0.25, 0.3) is 0 Å². The topological polar surface area (TPSA) is 52.8 Å². The molecule has 0 aromatic rings. The van der Waals surface area contributed by atoms with Crippen molar-refractivity contribution in [1.82, 2.24) is 0 Å². The molecule has 60 valence electrons. The number of rotatable bonds is 3. The molecular weight excluding hydrogens is 148 g/mol. The molecule has 0 spiro atoms. The standard InChI is InChI=1S/C6H9BFNO2/c1-2-3-5(8)9-4-7-6(10)11/h2-4,6,10-11H,1H3/b3-2-,9-5+. The molecule has 0 saturated carbocycles. The fraction of sp³-hybridized carbons (Fsp3) is 0.333. The minimum absolute atomic E-state index is 0.676. The molecule has 2 N–H and O–H groups in total. The zero-order valence-electron chi connectivity index (χ0n) is 6.11. The Morgan fingerprint density at radius 1 is 1.64 bits per heavy atom. The third-order valence-corrected chi connectivity index (χ3v) is 0.760. The van der Waals surface area contributed by atoms with E-state index in [-0.39, 0.29) is 0 Å². The predicted molar refractivity (Wildman–Crippen MR) is 43.4 cm³/mol. The van der Waals surface area contributed by atoms with Crippen molar-refractivity contribution in [2.24, 2.45) is 4.99 Å². The number of aliphatic hydroxyl groups is 2. The summed E-state index contributed by atoms with van der Waals surface area (Å²) in [5.74, 6) is -0.676. The molecule has 0 atom stereocenters. The summed E-state index contributed by atoms with van der Waals surface area (Å²) in [5.41, 5.74) is 0. The summed E-state index contributed by atoms with van der Waals surface area (Å²) in [7, 11) is 0. The summed E-state index contributed by atoms with van der Waals surface area (Å²) in [4.78, 5) is 3.22. The number of allylic oxidation sites excluding steroid dienone is 2. The number of halogens is 1. The first-order chi connectivity index (χ1) is 5.16. The van der Waals surface area contributed by atoms with E-state index in [0.717, 1.165) is 19.1 Å². The quantitative estimate of drug-likeness (QED) is 0.334. The molecule has 0 bridgehead atoms. The van der Waals surface area contributed by atoms with Crippen molar-refractivity contribution in [1.29, 1.82) is 0 Å². The molecule has 0 aliphatic carbocycles. The van der Waals surface area contributed by atoms with Gasteiger partial charge in [-0.1, -0.05) is 0 Å². The Labute approximate surface area is 64.8 Å². The molecule has 0 aromatic heterocycles. The van der Waals surface area contributed by atoms with Gasteiger partial charge in [0.05, 0.1) is 0 Å². The van der Waals surface area contributed by atoms with Crippen LogP contribution in [0.2, 0.25) is 0 Å². The Bertz CT molecular complexity index is 189. The molecular formula is C6H9BFNO2. The molecule has 0 aliphatic heterocycles. The van der Waals surface area contributed by atoms with Gasteiger partial charge in [0.1, 0.15) is 0 Å². The van der Waals surface area contributed by atoms with E-state index in [1.54, 1.807) is 6.92 Å². The summed E-state index contributed by atoms with van der Waals surface area (Å²) >= 11 is 0. The predicted octanol–water partition coefficient (Wildman–Crippen LogP) is -0.337. The SMILES string of the molecule is C\C=C/C(F)=N\C=B\C(O)O. The minimum atomic E-state index is -1.59. The zero-order chi connectivity index (χ0) is 8.69. The van der Waals surface area contributed by atoms with Crippen LogP contribution in [0.5, 0.6) is 0 Å². The molecule has 0 unspecified atom stereocenters. The average molecular weight is 157 g/mol. The first kappa shape index (κ1) is 10.2. The molecule has 3 nitrogen and oxygen atoms in total. The van der Waals surface area contributed by atoms with Crippen molar-refractivity contribution in [3.63, 3.8) is 0 Å². The van der Waals surface area contributed by atoms with Crippen molar-refractivity contribution in [3.05, 3.63) is 12.2 Å². The van der Waals surface area contributed by atoms with Gasteiger partial charge >= 0.3 is 63.8 Å². The summed E-state index contributed by atoms with van der Waals surface area (Å²) < 4.78 is 12.3. The van der Waals surface area contributed by atoms with Crippen LogP contribution in [-0.2, 0) is 0 Å². The van der Waals surface area contributed by atoms with Gasteiger partial charge in [0.2, 0.25) is 0 Å². The number of aliphatic imine (C=N–C) groups is 1. The fourth-order valence-corrected chi connectivity index (χ4v) is 0.372. The second-order valence-electron chi connectivity index (χ2n) is 1.71. The number of nitrogens with zero attached hydrogens (tertiary/aromatic N) is 1. The summed E-state index contributed by atoms with van der Waals surface area (Å²) in [6, 6.07) is 0. The molecule has 0 aliphatic rings. The molecule has 11 heavy (non-hydrogen) atoms. The van der Waals surface area contributed by atoms with Crippen LogP contribution in [0.1, 0.15) is 6.92 Å². The van der Waals surface area contributed by atoms with Crippen molar-refractivity contribution in [3.8, 4) is 0 Å². The third-order valence-electron chi connectivity index (χ3n) is 0.760. The van der Waals surface area contributed by atoms with E-state index in [1.807, 2.05) is 0 Å². The molecule has 5 heteroatoms. The van der Waals surface area contributed by atoms with Gasteiger partial charge in [-0.05, 0) is 0 Å². The molecule has 0 rings (SSSR count). The molecule has 0 fully saturated rings. The van der Waals surface area contributed by atoms with E-state index in [0.29, 0.717) is 0 Å². The Kier molecular flexibility index (Phi) is 5.51. The van der Waals surface area contributed by atoms with E-state index >= 15 is 0 Å². The van der Waals surface area contributed by atoms with E-state index in [9.17, 15) is 4.39 Å². The molecule has 0 heterocycles. The van der Waals surface area contributed by atoms with Crippen molar-refractivity contribution < 1.29 is 14.6 Å².